The molecular formula is C13H13N5OS3. The van der Waals surface area contributed by atoms with Crippen LogP contribution in [-0.4, -0.2) is 26.1 Å². The molecule has 0 aliphatic heterocycles. The Bertz CT molecular complexity index is 866. The first-order valence-corrected chi connectivity index (χ1v) is 9.13. The standard InChI is InChI=1S/C13H13N5OS3/c1-3-4-14-11-16-17-13(22-11)21-7-9-5-10(19)18-8(2)6-20-12(18)15-9/h3,5-6H,1,4,7H2,2H3,(H,14,16). The Hall–Kier alpha value is -1.71. The van der Waals surface area contributed by atoms with Gasteiger partial charge in [0, 0.05) is 29.4 Å². The second-order valence-corrected chi connectivity index (χ2v) is 7.45. The molecular weight excluding hydrogens is 338 g/mol. The molecule has 0 saturated carbocycles. The van der Waals surface area contributed by atoms with Crippen molar-refractivity contribution >= 4 is 44.5 Å². The van der Waals surface area contributed by atoms with Crippen LogP contribution in [0.2, 0.25) is 0 Å². The zero-order chi connectivity index (χ0) is 15.5. The number of hydrogen-bond donors (Lipinski definition) is 1. The van der Waals surface area contributed by atoms with Crippen LogP contribution in [0.3, 0.4) is 0 Å². The van der Waals surface area contributed by atoms with Gasteiger partial charge in [0.15, 0.2) is 9.30 Å². The van der Waals surface area contributed by atoms with Crippen LogP contribution in [0, 0.1) is 6.92 Å². The van der Waals surface area contributed by atoms with E-state index in [-0.39, 0.29) is 5.56 Å². The third-order valence-electron chi connectivity index (χ3n) is 2.78. The summed E-state index contributed by atoms with van der Waals surface area (Å²) >= 11 is 4.48. The zero-order valence-corrected chi connectivity index (χ0v) is 14.2. The van der Waals surface area contributed by atoms with Crippen LogP contribution in [0.15, 0.2) is 33.2 Å². The Labute approximate surface area is 138 Å². The number of hydrogen-bond acceptors (Lipinski definition) is 8. The fourth-order valence-electron chi connectivity index (χ4n) is 1.81. The molecule has 0 atom stereocenters. The fraction of sp³-hybridized carbons (Fsp3) is 0.231. The zero-order valence-electron chi connectivity index (χ0n) is 11.8. The summed E-state index contributed by atoms with van der Waals surface area (Å²) in [6.07, 6.45) is 1.77. The van der Waals surface area contributed by atoms with E-state index in [1.807, 2.05) is 12.3 Å². The molecule has 0 amide bonds. The van der Waals surface area contributed by atoms with Crippen LogP contribution in [0.25, 0.3) is 4.96 Å². The lowest BCUT2D eigenvalue weighted by Gasteiger charge is -1.99. The van der Waals surface area contributed by atoms with E-state index < -0.39 is 0 Å². The second-order valence-electron chi connectivity index (χ2n) is 4.41. The summed E-state index contributed by atoms with van der Waals surface area (Å²) in [6.45, 7) is 6.20. The van der Waals surface area contributed by atoms with E-state index >= 15 is 0 Å². The summed E-state index contributed by atoms with van der Waals surface area (Å²) in [4.78, 5) is 17.3. The summed E-state index contributed by atoms with van der Waals surface area (Å²) in [5, 5.41) is 13.9. The van der Waals surface area contributed by atoms with Crippen molar-refractivity contribution in [1.82, 2.24) is 19.6 Å². The van der Waals surface area contributed by atoms with Gasteiger partial charge in [0.2, 0.25) is 5.13 Å². The number of nitrogens with zero attached hydrogens (tertiary/aromatic N) is 4. The summed E-state index contributed by atoms with van der Waals surface area (Å²) in [5.74, 6) is 0.596. The molecule has 3 rings (SSSR count). The largest absolute Gasteiger partial charge is 0.357 e. The van der Waals surface area contributed by atoms with Crippen molar-refractivity contribution in [3.8, 4) is 0 Å². The van der Waals surface area contributed by atoms with Gasteiger partial charge >= 0.3 is 0 Å². The van der Waals surface area contributed by atoms with Gasteiger partial charge in [-0.25, -0.2) is 4.98 Å². The van der Waals surface area contributed by atoms with Crippen molar-refractivity contribution in [3.05, 3.63) is 45.8 Å². The van der Waals surface area contributed by atoms with E-state index in [0.29, 0.717) is 12.3 Å². The Balaban J connectivity index is 1.72. The summed E-state index contributed by atoms with van der Waals surface area (Å²) < 4.78 is 2.47. The molecule has 22 heavy (non-hydrogen) atoms. The Kier molecular flexibility index (Phi) is 4.55. The summed E-state index contributed by atoms with van der Waals surface area (Å²) in [7, 11) is 0. The van der Waals surface area contributed by atoms with E-state index in [1.54, 1.807) is 16.5 Å². The second kappa shape index (κ2) is 6.59. The molecule has 0 aromatic carbocycles. The molecule has 3 aromatic rings. The molecule has 0 fully saturated rings. The molecule has 6 nitrogen and oxygen atoms in total. The number of thioether (sulfide) groups is 1. The number of thiazole rings is 1. The predicted octanol–water partition coefficient (Wildman–Crippen LogP) is 2.81. The lowest BCUT2D eigenvalue weighted by Crippen LogP contribution is -2.14. The average molecular weight is 351 g/mol. The number of fused-ring (bicyclic) bond motifs is 1. The Morgan fingerprint density at radius 3 is 3.18 bits per heavy atom. The molecule has 3 aromatic heterocycles. The monoisotopic (exact) mass is 351 g/mol. The van der Waals surface area contributed by atoms with Crippen LogP contribution in [0.4, 0.5) is 5.13 Å². The van der Waals surface area contributed by atoms with E-state index in [9.17, 15) is 4.79 Å². The molecule has 0 spiro atoms. The predicted molar refractivity (Wildman–Crippen MR) is 92.2 cm³/mol. The fourth-order valence-corrected chi connectivity index (χ4v) is 4.35. The van der Waals surface area contributed by atoms with Crippen LogP contribution in [-0.2, 0) is 5.75 Å². The van der Waals surface area contributed by atoms with Crippen molar-refractivity contribution in [2.75, 3.05) is 11.9 Å². The number of nitrogens with one attached hydrogen (secondary N) is 1. The number of aromatic nitrogens is 4. The minimum Gasteiger partial charge on any atom is -0.357 e. The van der Waals surface area contributed by atoms with Crippen LogP contribution < -0.4 is 10.9 Å². The molecule has 0 radical (unpaired) electrons. The number of aryl methyl sites for hydroxylation is 1. The van der Waals surface area contributed by atoms with Gasteiger partial charge in [-0.3, -0.25) is 9.20 Å². The molecule has 0 saturated heterocycles. The Morgan fingerprint density at radius 1 is 1.50 bits per heavy atom. The van der Waals surface area contributed by atoms with Crippen molar-refractivity contribution in [2.24, 2.45) is 0 Å². The van der Waals surface area contributed by atoms with E-state index in [0.717, 1.165) is 25.8 Å². The molecule has 0 unspecified atom stereocenters. The van der Waals surface area contributed by atoms with E-state index in [4.69, 9.17) is 0 Å². The van der Waals surface area contributed by atoms with Gasteiger partial charge in [-0.2, -0.15) is 0 Å². The van der Waals surface area contributed by atoms with Gasteiger partial charge in [-0.15, -0.1) is 28.1 Å². The molecule has 0 bridgehead atoms. The minimum atomic E-state index is -0.0371. The van der Waals surface area contributed by atoms with Gasteiger partial charge in [0.25, 0.3) is 5.56 Å². The molecule has 114 valence electrons. The van der Waals surface area contributed by atoms with Crippen LogP contribution in [0.5, 0.6) is 0 Å². The molecule has 3 heterocycles. The maximum atomic E-state index is 12.1. The first-order valence-electron chi connectivity index (χ1n) is 6.45. The lowest BCUT2D eigenvalue weighted by molar-refractivity contribution is 0.991. The van der Waals surface area contributed by atoms with Crippen molar-refractivity contribution in [2.45, 2.75) is 17.0 Å². The highest BCUT2D eigenvalue weighted by Gasteiger charge is 2.09. The van der Waals surface area contributed by atoms with Gasteiger partial charge in [-0.1, -0.05) is 29.2 Å². The molecule has 9 heteroatoms. The normalized spacial score (nSPS) is 11.0. The van der Waals surface area contributed by atoms with Crippen molar-refractivity contribution in [3.63, 3.8) is 0 Å². The highest BCUT2D eigenvalue weighted by atomic mass is 32.2. The third kappa shape index (κ3) is 3.21. The smallest absolute Gasteiger partial charge is 0.258 e. The quantitative estimate of drug-likeness (QED) is 0.544. The Morgan fingerprint density at radius 2 is 2.36 bits per heavy atom. The SMILES string of the molecule is C=CCNc1nnc(SCc2cc(=O)n3c(C)csc3n2)s1. The number of rotatable bonds is 6. The van der Waals surface area contributed by atoms with Crippen molar-refractivity contribution in [1.29, 1.82) is 0 Å². The summed E-state index contributed by atoms with van der Waals surface area (Å²) in [5.41, 5.74) is 1.64. The van der Waals surface area contributed by atoms with Gasteiger partial charge < -0.3 is 5.32 Å². The highest BCUT2D eigenvalue weighted by molar-refractivity contribution is 8.00. The van der Waals surface area contributed by atoms with Gasteiger partial charge in [0.1, 0.15) is 0 Å². The highest BCUT2D eigenvalue weighted by Crippen LogP contribution is 2.27. The third-order valence-corrected chi connectivity index (χ3v) is 5.77. The number of anilines is 1. The molecule has 1 N–H and O–H groups in total. The van der Waals surface area contributed by atoms with Gasteiger partial charge in [-0.05, 0) is 6.92 Å². The minimum absolute atomic E-state index is 0.0371. The van der Waals surface area contributed by atoms with Crippen molar-refractivity contribution < 1.29 is 0 Å². The molecule has 0 aliphatic carbocycles. The maximum Gasteiger partial charge on any atom is 0.258 e. The van der Waals surface area contributed by atoms with E-state index in [1.165, 1.54) is 34.4 Å². The first-order chi connectivity index (χ1) is 10.7. The topological polar surface area (TPSA) is 72.2 Å². The van der Waals surface area contributed by atoms with E-state index in [2.05, 4.69) is 27.1 Å². The molecule has 0 aliphatic rings. The maximum absolute atomic E-state index is 12.1. The van der Waals surface area contributed by atoms with Gasteiger partial charge in [0.05, 0.1) is 5.69 Å². The average Bonchev–Trinajstić information content (AvgIpc) is 3.10. The van der Waals surface area contributed by atoms with Crippen LogP contribution >= 0.6 is 34.4 Å². The summed E-state index contributed by atoms with van der Waals surface area (Å²) in [6, 6.07) is 1.58. The first kappa shape index (κ1) is 15.2. The lowest BCUT2D eigenvalue weighted by atomic mass is 10.4. The van der Waals surface area contributed by atoms with Crippen LogP contribution in [0.1, 0.15) is 11.4 Å².